The van der Waals surface area contributed by atoms with E-state index in [0.29, 0.717) is 33.1 Å². The number of rotatable bonds is 3. The number of aromatic nitrogens is 2. The van der Waals surface area contributed by atoms with Crippen molar-refractivity contribution in [3.63, 3.8) is 0 Å². The Kier molecular flexibility index (Phi) is 3.62. The van der Waals surface area contributed by atoms with Crippen LogP contribution in [0.3, 0.4) is 0 Å². The first-order chi connectivity index (χ1) is 10.1. The number of halogens is 1. The molecule has 3 aromatic rings. The van der Waals surface area contributed by atoms with Gasteiger partial charge in [0.25, 0.3) is 5.56 Å². The Morgan fingerprint density at radius 1 is 1.24 bits per heavy atom. The minimum atomic E-state index is -0.391. The van der Waals surface area contributed by atoms with E-state index in [9.17, 15) is 9.18 Å². The molecule has 0 unspecified atom stereocenters. The summed E-state index contributed by atoms with van der Waals surface area (Å²) in [7, 11) is 0. The summed E-state index contributed by atoms with van der Waals surface area (Å²) in [5, 5.41) is 0. The van der Waals surface area contributed by atoms with Gasteiger partial charge in [-0.15, -0.1) is 11.8 Å². The lowest BCUT2D eigenvalue weighted by Crippen LogP contribution is -2.14. The molecule has 0 saturated heterocycles. The van der Waals surface area contributed by atoms with Gasteiger partial charge in [-0.1, -0.05) is 12.1 Å². The maximum atomic E-state index is 13.7. The lowest BCUT2D eigenvalue weighted by Gasteiger charge is -2.04. The Hall–Kier alpha value is -2.34. The fraction of sp³-hybridized carbons (Fsp3) is 0.0667. The summed E-state index contributed by atoms with van der Waals surface area (Å²) in [4.78, 5) is 19.5. The zero-order valence-electron chi connectivity index (χ0n) is 11.0. The molecule has 3 N–H and O–H groups in total. The van der Waals surface area contributed by atoms with Gasteiger partial charge in [-0.2, -0.15) is 0 Å². The van der Waals surface area contributed by atoms with Gasteiger partial charge in [0.1, 0.15) is 11.5 Å². The van der Waals surface area contributed by atoms with Crippen molar-refractivity contribution in [1.82, 2.24) is 9.97 Å². The van der Waals surface area contributed by atoms with Gasteiger partial charge in [-0.3, -0.25) is 4.79 Å². The number of nitrogens with one attached hydrogen (secondary N) is 1. The van der Waals surface area contributed by atoms with Crippen LogP contribution in [0.2, 0.25) is 0 Å². The topological polar surface area (TPSA) is 71.8 Å². The third-order valence-corrected chi connectivity index (χ3v) is 4.05. The summed E-state index contributed by atoms with van der Waals surface area (Å²) in [6.45, 7) is 0. The second-order valence-corrected chi connectivity index (χ2v) is 5.53. The number of benzene rings is 2. The molecule has 0 atom stereocenters. The van der Waals surface area contributed by atoms with Gasteiger partial charge in [0, 0.05) is 16.3 Å². The standard InChI is InChI=1S/C15H12FN3OS/c16-10-7-9(17)5-6-14(10)21-8-13-15(20)19-12-4-2-1-3-11(12)18-13/h1-7H,8,17H2,(H,19,20). The summed E-state index contributed by atoms with van der Waals surface area (Å²) >= 11 is 1.22. The molecule has 0 aliphatic carbocycles. The van der Waals surface area contributed by atoms with Crippen LogP contribution >= 0.6 is 11.8 Å². The average molecular weight is 301 g/mol. The lowest BCUT2D eigenvalue weighted by atomic mass is 10.3. The van der Waals surface area contributed by atoms with E-state index in [0.717, 1.165) is 0 Å². The maximum absolute atomic E-state index is 13.7. The second kappa shape index (κ2) is 5.57. The van der Waals surface area contributed by atoms with Crippen molar-refractivity contribution >= 4 is 28.5 Å². The molecule has 0 radical (unpaired) electrons. The number of anilines is 1. The molecule has 0 fully saturated rings. The Morgan fingerprint density at radius 2 is 2.05 bits per heavy atom. The van der Waals surface area contributed by atoms with Crippen LogP contribution in [0.5, 0.6) is 0 Å². The van der Waals surface area contributed by atoms with Crippen molar-refractivity contribution in [2.45, 2.75) is 10.6 Å². The molecule has 1 aromatic heterocycles. The Morgan fingerprint density at radius 3 is 2.86 bits per heavy atom. The number of hydrogen-bond acceptors (Lipinski definition) is 4. The van der Waals surface area contributed by atoms with Crippen LogP contribution < -0.4 is 11.3 Å². The highest BCUT2D eigenvalue weighted by molar-refractivity contribution is 7.98. The number of para-hydroxylation sites is 2. The van der Waals surface area contributed by atoms with Crippen molar-refractivity contribution in [2.24, 2.45) is 0 Å². The number of aromatic amines is 1. The van der Waals surface area contributed by atoms with E-state index in [1.54, 1.807) is 18.2 Å². The van der Waals surface area contributed by atoms with Crippen molar-refractivity contribution in [1.29, 1.82) is 0 Å². The van der Waals surface area contributed by atoms with Crippen molar-refractivity contribution in [2.75, 3.05) is 5.73 Å². The van der Waals surface area contributed by atoms with Crippen LogP contribution in [0.1, 0.15) is 5.69 Å². The quantitative estimate of drug-likeness (QED) is 0.576. The van der Waals surface area contributed by atoms with Crippen LogP contribution in [-0.4, -0.2) is 9.97 Å². The van der Waals surface area contributed by atoms with Crippen molar-refractivity contribution in [3.8, 4) is 0 Å². The number of nitrogens with two attached hydrogens (primary N) is 1. The van der Waals surface area contributed by atoms with Crippen LogP contribution in [0.25, 0.3) is 11.0 Å². The van der Waals surface area contributed by atoms with Gasteiger partial charge in [-0.25, -0.2) is 9.37 Å². The lowest BCUT2D eigenvalue weighted by molar-refractivity contribution is 0.602. The number of nitrogens with zero attached hydrogens (tertiary/aromatic N) is 1. The van der Waals surface area contributed by atoms with Gasteiger partial charge in [-0.05, 0) is 30.3 Å². The number of nitrogen functional groups attached to an aromatic ring is 1. The van der Waals surface area contributed by atoms with Gasteiger partial charge in [0.05, 0.1) is 11.0 Å². The molecule has 1 heterocycles. The number of fused-ring (bicyclic) bond motifs is 1. The largest absolute Gasteiger partial charge is 0.399 e. The summed E-state index contributed by atoms with van der Waals surface area (Å²) in [5.41, 5.74) is 7.40. The molecule has 0 aliphatic rings. The first-order valence-corrected chi connectivity index (χ1v) is 7.28. The minimum Gasteiger partial charge on any atom is -0.399 e. The molecule has 3 rings (SSSR count). The highest BCUT2D eigenvalue weighted by Crippen LogP contribution is 2.25. The predicted octanol–water partition coefficient (Wildman–Crippen LogP) is 2.94. The maximum Gasteiger partial charge on any atom is 0.271 e. The summed E-state index contributed by atoms with van der Waals surface area (Å²) in [6, 6.07) is 11.8. The van der Waals surface area contributed by atoms with E-state index in [1.807, 2.05) is 18.2 Å². The molecule has 6 heteroatoms. The third kappa shape index (κ3) is 2.90. The highest BCUT2D eigenvalue weighted by atomic mass is 32.2. The van der Waals surface area contributed by atoms with Crippen molar-refractivity contribution in [3.05, 3.63) is 64.3 Å². The van der Waals surface area contributed by atoms with Crippen LogP contribution in [0.15, 0.2) is 52.2 Å². The van der Waals surface area contributed by atoms with E-state index < -0.39 is 5.82 Å². The average Bonchev–Trinajstić information content (AvgIpc) is 2.46. The number of thioether (sulfide) groups is 1. The SMILES string of the molecule is Nc1ccc(SCc2nc3ccccc3[nH]c2=O)c(F)c1. The Bertz CT molecular complexity index is 863. The zero-order valence-corrected chi connectivity index (χ0v) is 11.8. The second-order valence-electron chi connectivity index (χ2n) is 4.51. The summed E-state index contributed by atoms with van der Waals surface area (Å²) in [6.07, 6.45) is 0. The summed E-state index contributed by atoms with van der Waals surface area (Å²) < 4.78 is 13.7. The van der Waals surface area contributed by atoms with Gasteiger partial charge in [0.2, 0.25) is 0 Å². The molecule has 21 heavy (non-hydrogen) atoms. The Balaban J connectivity index is 1.88. The van der Waals surface area contributed by atoms with Crippen LogP contribution in [0.4, 0.5) is 10.1 Å². The monoisotopic (exact) mass is 301 g/mol. The van der Waals surface area contributed by atoms with Crippen molar-refractivity contribution < 1.29 is 4.39 Å². The van der Waals surface area contributed by atoms with Gasteiger partial charge >= 0.3 is 0 Å². The predicted molar refractivity (Wildman–Crippen MR) is 82.7 cm³/mol. The highest BCUT2D eigenvalue weighted by Gasteiger charge is 2.08. The van der Waals surface area contributed by atoms with E-state index in [1.165, 1.54) is 17.8 Å². The normalized spacial score (nSPS) is 10.9. The van der Waals surface area contributed by atoms with Gasteiger partial charge in [0.15, 0.2) is 0 Å². The number of hydrogen-bond donors (Lipinski definition) is 2. The zero-order chi connectivity index (χ0) is 14.8. The smallest absolute Gasteiger partial charge is 0.271 e. The molecule has 0 amide bonds. The molecule has 0 aliphatic heterocycles. The fourth-order valence-electron chi connectivity index (χ4n) is 1.95. The first kappa shape index (κ1) is 13.6. The molecular formula is C15H12FN3OS. The molecule has 4 nitrogen and oxygen atoms in total. The molecule has 106 valence electrons. The summed E-state index contributed by atoms with van der Waals surface area (Å²) in [5.74, 6) is -0.0988. The Labute approximate surface area is 124 Å². The van der Waals surface area contributed by atoms with Crippen LogP contribution in [-0.2, 0) is 5.75 Å². The third-order valence-electron chi connectivity index (χ3n) is 2.99. The minimum absolute atomic E-state index is 0.253. The molecule has 0 bridgehead atoms. The molecule has 0 spiro atoms. The number of H-pyrrole nitrogens is 1. The van der Waals surface area contributed by atoms with E-state index in [-0.39, 0.29) is 5.56 Å². The van der Waals surface area contributed by atoms with Gasteiger partial charge < -0.3 is 10.7 Å². The first-order valence-electron chi connectivity index (χ1n) is 6.29. The molecule has 0 saturated carbocycles. The van der Waals surface area contributed by atoms with E-state index in [2.05, 4.69) is 9.97 Å². The van der Waals surface area contributed by atoms with E-state index >= 15 is 0 Å². The van der Waals surface area contributed by atoms with E-state index in [4.69, 9.17) is 5.73 Å². The molecule has 2 aromatic carbocycles. The van der Waals surface area contributed by atoms with Crippen LogP contribution in [0, 0.1) is 5.82 Å². The fourth-order valence-corrected chi connectivity index (χ4v) is 2.79. The molecular weight excluding hydrogens is 289 g/mol.